The number of hydrogen-bond donors (Lipinski definition) is 0. The number of aromatic nitrogens is 1. The van der Waals surface area contributed by atoms with Crippen LogP contribution in [0, 0.1) is 12.7 Å². The summed E-state index contributed by atoms with van der Waals surface area (Å²) in [4.78, 5) is 26.2. The Morgan fingerprint density at radius 1 is 1.30 bits per heavy atom. The van der Waals surface area contributed by atoms with Crippen molar-refractivity contribution in [3.63, 3.8) is 0 Å². The SMILES string of the molecule is Cc1cc(OC2CN(C(=O)Cc3c(F)cccc3Cl)C2)cc(=O)n1C1CC1. The van der Waals surface area contributed by atoms with Gasteiger partial charge in [0.15, 0.2) is 0 Å². The van der Waals surface area contributed by atoms with E-state index in [4.69, 9.17) is 16.3 Å². The van der Waals surface area contributed by atoms with Gasteiger partial charge in [-0.25, -0.2) is 4.39 Å². The van der Waals surface area contributed by atoms with Crippen molar-refractivity contribution in [1.29, 1.82) is 0 Å². The van der Waals surface area contributed by atoms with Crippen LogP contribution in [-0.4, -0.2) is 34.6 Å². The Bertz CT molecular complexity index is 928. The van der Waals surface area contributed by atoms with Crippen LogP contribution in [0.4, 0.5) is 4.39 Å². The summed E-state index contributed by atoms with van der Waals surface area (Å²) in [6.07, 6.45) is 1.86. The zero-order valence-corrected chi connectivity index (χ0v) is 15.7. The Kier molecular flexibility index (Phi) is 4.68. The van der Waals surface area contributed by atoms with Gasteiger partial charge in [-0.2, -0.15) is 0 Å². The summed E-state index contributed by atoms with van der Waals surface area (Å²) in [5.41, 5.74) is 1.06. The highest BCUT2D eigenvalue weighted by Crippen LogP contribution is 2.35. The van der Waals surface area contributed by atoms with Gasteiger partial charge in [-0.05, 0) is 38.0 Å². The molecule has 0 N–H and O–H groups in total. The van der Waals surface area contributed by atoms with Gasteiger partial charge in [-0.3, -0.25) is 9.59 Å². The zero-order valence-electron chi connectivity index (χ0n) is 15.0. The van der Waals surface area contributed by atoms with Gasteiger partial charge in [0.1, 0.15) is 17.7 Å². The van der Waals surface area contributed by atoms with E-state index in [1.165, 1.54) is 18.2 Å². The molecule has 1 aromatic heterocycles. The van der Waals surface area contributed by atoms with Gasteiger partial charge in [-0.15, -0.1) is 0 Å². The molecule has 4 rings (SSSR count). The van der Waals surface area contributed by atoms with Gasteiger partial charge < -0.3 is 14.2 Å². The maximum atomic E-state index is 13.8. The average Bonchev–Trinajstić information content (AvgIpc) is 3.38. The quantitative estimate of drug-likeness (QED) is 0.788. The lowest BCUT2D eigenvalue weighted by molar-refractivity contribution is -0.139. The van der Waals surface area contributed by atoms with Crippen LogP contribution in [0.1, 0.15) is 30.1 Å². The van der Waals surface area contributed by atoms with E-state index in [1.807, 2.05) is 17.6 Å². The fourth-order valence-electron chi connectivity index (χ4n) is 3.42. The summed E-state index contributed by atoms with van der Waals surface area (Å²) in [5.74, 6) is -0.137. The van der Waals surface area contributed by atoms with Gasteiger partial charge in [0.2, 0.25) is 5.91 Å². The molecule has 2 fully saturated rings. The predicted molar refractivity (Wildman–Crippen MR) is 99.8 cm³/mol. The molecule has 5 nitrogen and oxygen atoms in total. The standard InChI is InChI=1S/C20H20ClFN2O3/c1-12-7-14(8-20(26)24(12)13-5-6-13)27-15-10-23(11-15)19(25)9-16-17(21)3-2-4-18(16)22/h2-4,7-8,13,15H,5-6,9-11H2,1H3. The number of hydrogen-bond acceptors (Lipinski definition) is 3. The highest BCUT2D eigenvalue weighted by molar-refractivity contribution is 6.31. The van der Waals surface area contributed by atoms with Crippen molar-refractivity contribution in [3.8, 4) is 5.75 Å². The molecule has 2 aromatic rings. The van der Waals surface area contributed by atoms with E-state index in [1.54, 1.807) is 11.0 Å². The number of benzene rings is 1. The van der Waals surface area contributed by atoms with Crippen molar-refractivity contribution in [2.24, 2.45) is 0 Å². The lowest BCUT2D eigenvalue weighted by Crippen LogP contribution is -2.56. The molecule has 0 radical (unpaired) electrons. The molecule has 27 heavy (non-hydrogen) atoms. The van der Waals surface area contributed by atoms with Gasteiger partial charge in [-0.1, -0.05) is 17.7 Å². The Labute approximate surface area is 161 Å². The van der Waals surface area contributed by atoms with E-state index < -0.39 is 5.82 Å². The second-order valence-electron chi connectivity index (χ2n) is 7.19. The number of likely N-dealkylation sites (tertiary alicyclic amines) is 1. The van der Waals surface area contributed by atoms with Gasteiger partial charge in [0, 0.05) is 28.4 Å². The lowest BCUT2D eigenvalue weighted by Gasteiger charge is -2.39. The third-order valence-corrected chi connectivity index (χ3v) is 5.39. The van der Waals surface area contributed by atoms with E-state index in [9.17, 15) is 14.0 Å². The van der Waals surface area contributed by atoms with E-state index >= 15 is 0 Å². The summed E-state index contributed by atoms with van der Waals surface area (Å²) in [6.45, 7) is 2.73. The molecule has 2 heterocycles. The molecule has 0 atom stereocenters. The maximum Gasteiger partial charge on any atom is 0.254 e. The number of rotatable bonds is 5. The Balaban J connectivity index is 1.34. The van der Waals surface area contributed by atoms with Crippen LogP contribution in [0.2, 0.25) is 5.02 Å². The molecule has 1 aliphatic carbocycles. The molecule has 0 unspecified atom stereocenters. The van der Waals surface area contributed by atoms with Crippen molar-refractivity contribution in [2.75, 3.05) is 13.1 Å². The molecule has 2 aliphatic rings. The molecule has 1 saturated heterocycles. The minimum Gasteiger partial charge on any atom is -0.486 e. The normalized spacial score (nSPS) is 16.9. The first kappa shape index (κ1) is 18.0. The Morgan fingerprint density at radius 2 is 2.04 bits per heavy atom. The second kappa shape index (κ2) is 7.00. The van der Waals surface area contributed by atoms with Crippen LogP contribution in [-0.2, 0) is 11.2 Å². The molecule has 7 heteroatoms. The minimum absolute atomic E-state index is 0.0473. The van der Waals surface area contributed by atoms with Crippen molar-refractivity contribution in [3.05, 3.63) is 62.8 Å². The molecular formula is C20H20ClFN2O3. The number of aryl methyl sites for hydroxylation is 1. The number of carbonyl (C=O) groups is 1. The smallest absolute Gasteiger partial charge is 0.254 e. The van der Waals surface area contributed by atoms with E-state index in [0.717, 1.165) is 18.5 Å². The number of nitrogens with zero attached hydrogens (tertiary/aromatic N) is 2. The average molecular weight is 391 g/mol. The molecule has 0 spiro atoms. The number of halogens is 2. The highest BCUT2D eigenvalue weighted by atomic mass is 35.5. The number of pyridine rings is 1. The monoisotopic (exact) mass is 390 g/mol. The minimum atomic E-state index is -0.476. The second-order valence-corrected chi connectivity index (χ2v) is 7.59. The van der Waals surface area contributed by atoms with Gasteiger partial charge in [0.05, 0.1) is 19.5 Å². The van der Waals surface area contributed by atoms with Gasteiger partial charge >= 0.3 is 0 Å². The fraction of sp³-hybridized carbons (Fsp3) is 0.400. The molecule has 1 amide bonds. The molecule has 1 saturated carbocycles. The van der Waals surface area contributed by atoms with Crippen LogP contribution in [0.5, 0.6) is 5.75 Å². The van der Waals surface area contributed by atoms with Crippen molar-refractivity contribution < 1.29 is 13.9 Å². The number of amides is 1. The molecule has 1 aliphatic heterocycles. The van der Waals surface area contributed by atoms with Crippen LogP contribution in [0.25, 0.3) is 0 Å². The van der Waals surface area contributed by atoms with Crippen molar-refractivity contribution >= 4 is 17.5 Å². The number of carbonyl (C=O) groups excluding carboxylic acids is 1. The first-order valence-corrected chi connectivity index (χ1v) is 9.40. The van der Waals surface area contributed by atoms with Crippen LogP contribution in [0.15, 0.2) is 35.1 Å². The fourth-order valence-corrected chi connectivity index (χ4v) is 3.65. The van der Waals surface area contributed by atoms with Crippen LogP contribution < -0.4 is 10.3 Å². The summed E-state index contributed by atoms with van der Waals surface area (Å²) >= 11 is 5.98. The molecule has 0 bridgehead atoms. The van der Waals surface area contributed by atoms with Crippen molar-refractivity contribution in [1.82, 2.24) is 9.47 Å². The van der Waals surface area contributed by atoms with E-state index in [-0.39, 0.29) is 34.6 Å². The molecule has 142 valence electrons. The van der Waals surface area contributed by atoms with E-state index in [2.05, 4.69) is 0 Å². The largest absolute Gasteiger partial charge is 0.486 e. The van der Waals surface area contributed by atoms with Crippen LogP contribution in [0.3, 0.4) is 0 Å². The number of ether oxygens (including phenoxy) is 1. The third-order valence-electron chi connectivity index (χ3n) is 5.04. The summed E-state index contributed by atoms with van der Waals surface area (Å²) in [7, 11) is 0. The highest BCUT2D eigenvalue weighted by Gasteiger charge is 2.33. The van der Waals surface area contributed by atoms with E-state index in [0.29, 0.717) is 24.9 Å². The summed E-state index contributed by atoms with van der Waals surface area (Å²) in [5, 5.41) is 0.253. The van der Waals surface area contributed by atoms with Crippen LogP contribution >= 0.6 is 11.6 Å². The predicted octanol–water partition coefficient (Wildman–Crippen LogP) is 3.12. The molecular weight excluding hydrogens is 371 g/mol. The van der Waals surface area contributed by atoms with Crippen molar-refractivity contribution in [2.45, 2.75) is 38.3 Å². The Morgan fingerprint density at radius 3 is 2.67 bits per heavy atom. The first-order chi connectivity index (χ1) is 12.9. The summed E-state index contributed by atoms with van der Waals surface area (Å²) in [6, 6.07) is 8.08. The zero-order chi connectivity index (χ0) is 19.1. The topological polar surface area (TPSA) is 51.5 Å². The maximum absolute atomic E-state index is 13.8. The molecule has 1 aromatic carbocycles. The Hall–Kier alpha value is -2.34. The summed E-state index contributed by atoms with van der Waals surface area (Å²) < 4.78 is 21.5. The van der Waals surface area contributed by atoms with Gasteiger partial charge in [0.25, 0.3) is 5.56 Å². The third kappa shape index (κ3) is 3.72. The lowest BCUT2D eigenvalue weighted by atomic mass is 10.1. The first-order valence-electron chi connectivity index (χ1n) is 9.03.